The molecule has 0 heterocycles. The van der Waals surface area contributed by atoms with Gasteiger partial charge in [-0.05, 0) is 54.3 Å². The Bertz CT molecular complexity index is 209. The van der Waals surface area contributed by atoms with Gasteiger partial charge in [0.05, 0.1) is 0 Å². The van der Waals surface area contributed by atoms with Crippen molar-refractivity contribution in [1.82, 2.24) is 0 Å². The predicted octanol–water partition coefficient (Wildman–Crippen LogP) is 5.03. The van der Waals surface area contributed by atoms with Gasteiger partial charge in [0.15, 0.2) is 0 Å². The van der Waals surface area contributed by atoms with Crippen LogP contribution < -0.4 is 0 Å². The maximum atomic E-state index is 2.57. The molecule has 0 amide bonds. The normalized spacial score (nSPS) is 29.2. The zero-order valence-electron chi connectivity index (χ0n) is 12.1. The average molecular weight is 242 g/mol. The molecule has 0 spiro atoms. The molecule has 0 aromatic carbocycles. The highest BCUT2D eigenvalue weighted by atomic mass is 31.1. The van der Waals surface area contributed by atoms with E-state index in [1.165, 1.54) is 33.7 Å². The molecule has 1 fully saturated rings. The van der Waals surface area contributed by atoms with Crippen LogP contribution in [0.15, 0.2) is 0 Å². The minimum Gasteiger partial charge on any atom is -0.122 e. The molecule has 96 valence electrons. The largest absolute Gasteiger partial charge is 0.122 e. The van der Waals surface area contributed by atoms with E-state index in [2.05, 4.69) is 41.5 Å². The first-order chi connectivity index (χ1) is 7.40. The zero-order chi connectivity index (χ0) is 12.3. The molecule has 0 nitrogen and oxygen atoms in total. The average Bonchev–Trinajstić information content (AvgIpc) is 2.93. The van der Waals surface area contributed by atoms with Crippen molar-refractivity contribution in [2.45, 2.75) is 54.4 Å². The molecule has 1 rings (SSSR count). The summed E-state index contributed by atoms with van der Waals surface area (Å²) in [6.45, 7) is 14.5. The molecule has 1 aliphatic carbocycles. The smallest absolute Gasteiger partial charge is 0.0255 e. The molecule has 0 aliphatic heterocycles. The van der Waals surface area contributed by atoms with Crippen molar-refractivity contribution in [2.75, 3.05) is 12.3 Å². The molecule has 0 N–H and O–H groups in total. The van der Waals surface area contributed by atoms with Crippen LogP contribution >= 0.6 is 8.58 Å². The fourth-order valence-corrected chi connectivity index (χ4v) is 4.68. The van der Waals surface area contributed by atoms with Crippen molar-refractivity contribution in [1.29, 1.82) is 0 Å². The third kappa shape index (κ3) is 3.73. The van der Waals surface area contributed by atoms with Gasteiger partial charge in [0.2, 0.25) is 0 Å². The third-order valence-corrected chi connectivity index (χ3v) is 5.80. The molecule has 0 bridgehead atoms. The molecule has 1 aliphatic rings. The van der Waals surface area contributed by atoms with E-state index in [1.54, 1.807) is 0 Å². The highest BCUT2D eigenvalue weighted by molar-refractivity contribution is 7.37. The lowest BCUT2D eigenvalue weighted by atomic mass is 9.77. The summed E-state index contributed by atoms with van der Waals surface area (Å²) in [5.41, 5.74) is 0.650. The fraction of sp³-hybridized carbons (Fsp3) is 1.00. The van der Waals surface area contributed by atoms with Crippen LogP contribution in [0.5, 0.6) is 0 Å². The lowest BCUT2D eigenvalue weighted by Crippen LogP contribution is -2.26. The van der Waals surface area contributed by atoms with Crippen molar-refractivity contribution in [3.05, 3.63) is 0 Å². The summed E-state index contributed by atoms with van der Waals surface area (Å²) >= 11 is 0. The minimum atomic E-state index is 0.650. The van der Waals surface area contributed by atoms with Gasteiger partial charge in [0, 0.05) is 0 Å². The summed E-state index contributed by atoms with van der Waals surface area (Å²) in [6.07, 6.45) is 5.81. The second kappa shape index (κ2) is 5.85. The Balaban J connectivity index is 2.57. The van der Waals surface area contributed by atoms with Gasteiger partial charge in [-0.3, -0.25) is 0 Å². The molecular formula is C15H31P. The first-order valence-corrected chi connectivity index (χ1v) is 8.53. The highest BCUT2D eigenvalue weighted by Crippen LogP contribution is 2.58. The number of hydrogen-bond acceptors (Lipinski definition) is 0. The monoisotopic (exact) mass is 242 g/mol. The Morgan fingerprint density at radius 1 is 1.25 bits per heavy atom. The van der Waals surface area contributed by atoms with Gasteiger partial charge in [-0.25, -0.2) is 0 Å². The van der Waals surface area contributed by atoms with Crippen molar-refractivity contribution in [3.63, 3.8) is 0 Å². The van der Waals surface area contributed by atoms with Crippen LogP contribution in [0, 0.1) is 29.1 Å². The van der Waals surface area contributed by atoms with E-state index < -0.39 is 0 Å². The van der Waals surface area contributed by atoms with Gasteiger partial charge in [0.1, 0.15) is 0 Å². The second-order valence-electron chi connectivity index (χ2n) is 6.78. The summed E-state index contributed by atoms with van der Waals surface area (Å²) in [5.74, 6) is 3.83. The van der Waals surface area contributed by atoms with Crippen LogP contribution in [0.1, 0.15) is 54.4 Å². The lowest BCUT2D eigenvalue weighted by Gasteiger charge is -2.33. The fourth-order valence-electron chi connectivity index (χ4n) is 3.45. The SMILES string of the molecule is CCPCC(C)(CC(C)C)C1CC1C(C)C. The Morgan fingerprint density at radius 2 is 1.88 bits per heavy atom. The standard InChI is InChI=1S/C15H31P/c1-7-16-10-15(6,9-11(2)3)14-8-13(14)12(4)5/h11-14,16H,7-10H2,1-6H3. The van der Waals surface area contributed by atoms with Crippen LogP contribution in [0.3, 0.4) is 0 Å². The van der Waals surface area contributed by atoms with E-state index in [0.29, 0.717) is 5.41 Å². The quantitative estimate of drug-likeness (QED) is 0.549. The van der Waals surface area contributed by atoms with Crippen LogP contribution in [-0.2, 0) is 0 Å². The Hall–Kier alpha value is 0.430. The Kier molecular flexibility index (Phi) is 5.30. The molecule has 0 aromatic rings. The van der Waals surface area contributed by atoms with Crippen molar-refractivity contribution >= 4 is 8.58 Å². The topological polar surface area (TPSA) is 0 Å². The van der Waals surface area contributed by atoms with Gasteiger partial charge in [-0.1, -0.05) is 41.5 Å². The third-order valence-electron chi connectivity index (χ3n) is 4.24. The van der Waals surface area contributed by atoms with Crippen LogP contribution in [0.2, 0.25) is 0 Å². The van der Waals surface area contributed by atoms with Crippen LogP contribution in [0.25, 0.3) is 0 Å². The summed E-state index contributed by atoms with van der Waals surface area (Å²) in [4.78, 5) is 0. The molecule has 1 saturated carbocycles. The van der Waals surface area contributed by atoms with Gasteiger partial charge < -0.3 is 0 Å². The summed E-state index contributed by atoms with van der Waals surface area (Å²) in [7, 11) is 1.18. The van der Waals surface area contributed by atoms with E-state index in [0.717, 1.165) is 23.7 Å². The maximum absolute atomic E-state index is 2.57. The molecule has 4 atom stereocenters. The maximum Gasteiger partial charge on any atom is -0.0255 e. The minimum absolute atomic E-state index is 0.650. The van der Waals surface area contributed by atoms with E-state index >= 15 is 0 Å². The second-order valence-corrected chi connectivity index (χ2v) is 8.34. The molecule has 0 aromatic heterocycles. The van der Waals surface area contributed by atoms with E-state index in [1.807, 2.05) is 0 Å². The molecular weight excluding hydrogens is 211 g/mol. The van der Waals surface area contributed by atoms with Gasteiger partial charge in [-0.2, -0.15) is 0 Å². The summed E-state index contributed by atoms with van der Waals surface area (Å²) in [5, 5.41) is 0. The van der Waals surface area contributed by atoms with Gasteiger partial charge in [-0.15, -0.1) is 8.58 Å². The lowest BCUT2D eigenvalue weighted by molar-refractivity contribution is 0.229. The highest BCUT2D eigenvalue weighted by Gasteiger charge is 2.50. The van der Waals surface area contributed by atoms with Crippen LogP contribution in [-0.4, -0.2) is 12.3 Å². The zero-order valence-corrected chi connectivity index (χ0v) is 13.1. The molecule has 1 heteroatoms. The molecule has 16 heavy (non-hydrogen) atoms. The summed E-state index contributed by atoms with van der Waals surface area (Å²) < 4.78 is 0. The van der Waals surface area contributed by atoms with E-state index in [-0.39, 0.29) is 0 Å². The van der Waals surface area contributed by atoms with Gasteiger partial charge in [0.25, 0.3) is 0 Å². The van der Waals surface area contributed by atoms with Crippen molar-refractivity contribution in [3.8, 4) is 0 Å². The first kappa shape index (κ1) is 14.5. The van der Waals surface area contributed by atoms with Crippen LogP contribution in [0.4, 0.5) is 0 Å². The molecule has 0 saturated heterocycles. The predicted molar refractivity (Wildman–Crippen MR) is 77.7 cm³/mol. The Morgan fingerprint density at radius 3 is 2.25 bits per heavy atom. The Labute approximate surface area is 105 Å². The number of hydrogen-bond donors (Lipinski definition) is 0. The van der Waals surface area contributed by atoms with Crippen molar-refractivity contribution in [2.24, 2.45) is 29.1 Å². The molecule has 4 unspecified atom stereocenters. The van der Waals surface area contributed by atoms with Gasteiger partial charge >= 0.3 is 0 Å². The number of rotatable bonds is 7. The van der Waals surface area contributed by atoms with E-state index in [4.69, 9.17) is 0 Å². The van der Waals surface area contributed by atoms with Crippen molar-refractivity contribution < 1.29 is 0 Å². The van der Waals surface area contributed by atoms with E-state index in [9.17, 15) is 0 Å². The first-order valence-electron chi connectivity index (χ1n) is 7.11. The summed E-state index contributed by atoms with van der Waals surface area (Å²) in [6, 6.07) is 0. The molecule has 0 radical (unpaired) electrons.